The topological polar surface area (TPSA) is 133 Å². The number of anilines is 1. The van der Waals surface area contributed by atoms with Gasteiger partial charge in [-0.2, -0.15) is 5.10 Å². The Morgan fingerprint density at radius 1 is 0.870 bits per heavy atom. The number of amides is 1. The van der Waals surface area contributed by atoms with Crippen LogP contribution in [-0.4, -0.2) is 51.5 Å². The van der Waals surface area contributed by atoms with Gasteiger partial charge in [-0.15, -0.1) is 0 Å². The fourth-order valence-electron chi connectivity index (χ4n) is 5.51. The van der Waals surface area contributed by atoms with Crippen molar-refractivity contribution in [2.24, 2.45) is 0 Å². The number of aryl methyl sites for hydroxylation is 1. The lowest BCUT2D eigenvalue weighted by molar-refractivity contribution is 0.102. The Morgan fingerprint density at radius 3 is 2.52 bits per heavy atom. The molecule has 0 bridgehead atoms. The zero-order valence-corrected chi connectivity index (χ0v) is 25.4. The highest BCUT2D eigenvalue weighted by molar-refractivity contribution is 7.90. The number of sulfone groups is 1. The molecule has 9 nitrogen and oxygen atoms in total. The lowest BCUT2D eigenvalue weighted by atomic mass is 9.98. The van der Waals surface area contributed by atoms with Gasteiger partial charge in [0.2, 0.25) is 0 Å². The van der Waals surface area contributed by atoms with Crippen molar-refractivity contribution < 1.29 is 17.6 Å². The first kappa shape index (κ1) is 29.1. The molecule has 0 fully saturated rings. The van der Waals surface area contributed by atoms with Crippen LogP contribution in [0.5, 0.6) is 0 Å². The Labute approximate surface area is 263 Å². The van der Waals surface area contributed by atoms with Crippen molar-refractivity contribution >= 4 is 43.4 Å². The monoisotopic (exact) mass is 630 g/mol. The average molecular weight is 631 g/mol. The maximum Gasteiger partial charge on any atom is 0.255 e. The Balaban J connectivity index is 1.22. The first-order valence-corrected chi connectivity index (χ1v) is 16.5. The fraction of sp³-hybridized carbons (Fsp3) is 0.0857. The Kier molecular flexibility index (Phi) is 7.37. The van der Waals surface area contributed by atoms with Crippen LogP contribution < -0.4 is 5.32 Å². The number of carbonyl (C=O) groups is 1. The van der Waals surface area contributed by atoms with Crippen molar-refractivity contribution in [3.8, 4) is 33.6 Å². The summed E-state index contributed by atoms with van der Waals surface area (Å²) in [6, 6.07) is 25.1. The van der Waals surface area contributed by atoms with Crippen LogP contribution in [0.3, 0.4) is 0 Å². The van der Waals surface area contributed by atoms with Gasteiger partial charge in [0.25, 0.3) is 5.91 Å². The molecule has 7 aromatic rings. The van der Waals surface area contributed by atoms with Crippen LogP contribution in [0, 0.1) is 5.82 Å². The molecule has 0 atom stereocenters. The molecule has 4 aromatic heterocycles. The average Bonchev–Trinajstić information content (AvgIpc) is 3.68. The molecule has 1 amide bonds. The number of nitrogens with zero attached hydrogens (tertiary/aromatic N) is 3. The second-order valence-electron chi connectivity index (χ2n) is 11.2. The molecule has 0 unspecified atom stereocenters. The van der Waals surface area contributed by atoms with Crippen molar-refractivity contribution in [2.45, 2.75) is 6.42 Å². The third kappa shape index (κ3) is 6.00. The summed E-state index contributed by atoms with van der Waals surface area (Å²) in [7, 11) is -3.19. The van der Waals surface area contributed by atoms with E-state index in [9.17, 15) is 17.6 Å². The molecule has 0 aliphatic carbocycles. The molecule has 3 N–H and O–H groups in total. The van der Waals surface area contributed by atoms with Crippen LogP contribution >= 0.6 is 0 Å². The molecule has 11 heteroatoms. The van der Waals surface area contributed by atoms with Crippen LogP contribution in [0.4, 0.5) is 10.1 Å². The molecular weight excluding hydrogens is 603 g/mol. The van der Waals surface area contributed by atoms with E-state index >= 15 is 0 Å². The summed E-state index contributed by atoms with van der Waals surface area (Å²) in [6.45, 7) is 0. The van der Waals surface area contributed by atoms with Gasteiger partial charge >= 0.3 is 0 Å². The summed E-state index contributed by atoms with van der Waals surface area (Å²) >= 11 is 0. The van der Waals surface area contributed by atoms with Crippen LogP contribution in [0.1, 0.15) is 15.9 Å². The van der Waals surface area contributed by atoms with Gasteiger partial charge in [0.05, 0.1) is 23.3 Å². The number of hydrogen-bond donors (Lipinski definition) is 3. The molecule has 0 aliphatic rings. The molecule has 0 radical (unpaired) electrons. The molecule has 0 spiro atoms. The van der Waals surface area contributed by atoms with Crippen molar-refractivity contribution in [2.75, 3.05) is 17.3 Å². The normalized spacial score (nSPS) is 11.7. The first-order chi connectivity index (χ1) is 22.2. The molecule has 0 saturated heterocycles. The van der Waals surface area contributed by atoms with Gasteiger partial charge < -0.3 is 10.3 Å². The van der Waals surface area contributed by atoms with E-state index in [0.29, 0.717) is 33.7 Å². The van der Waals surface area contributed by atoms with E-state index in [1.54, 1.807) is 30.7 Å². The number of pyridine rings is 2. The van der Waals surface area contributed by atoms with Gasteiger partial charge in [-0.3, -0.25) is 14.9 Å². The van der Waals surface area contributed by atoms with Crippen LogP contribution in [-0.2, 0) is 16.3 Å². The first-order valence-electron chi connectivity index (χ1n) is 14.5. The van der Waals surface area contributed by atoms with Gasteiger partial charge in [0.15, 0.2) is 5.65 Å². The quantitative estimate of drug-likeness (QED) is 0.169. The number of nitrogens with one attached hydrogen (secondary N) is 3. The highest BCUT2D eigenvalue weighted by atomic mass is 32.2. The van der Waals surface area contributed by atoms with E-state index in [0.717, 1.165) is 38.7 Å². The van der Waals surface area contributed by atoms with Gasteiger partial charge in [0, 0.05) is 51.6 Å². The molecular formula is C35H27FN6O3S. The van der Waals surface area contributed by atoms with Gasteiger partial charge in [0.1, 0.15) is 21.3 Å². The highest BCUT2D eigenvalue weighted by Crippen LogP contribution is 2.35. The van der Waals surface area contributed by atoms with Gasteiger partial charge in [-0.1, -0.05) is 36.4 Å². The highest BCUT2D eigenvalue weighted by Gasteiger charge is 2.16. The second kappa shape index (κ2) is 11.7. The van der Waals surface area contributed by atoms with Gasteiger partial charge in [-0.05, 0) is 71.6 Å². The number of aromatic amines is 2. The third-order valence-electron chi connectivity index (χ3n) is 7.73. The van der Waals surface area contributed by atoms with Crippen molar-refractivity contribution in [1.29, 1.82) is 0 Å². The predicted octanol–water partition coefficient (Wildman–Crippen LogP) is 6.81. The molecule has 228 valence electrons. The lowest BCUT2D eigenvalue weighted by Crippen LogP contribution is -2.11. The Bertz CT molecular complexity index is 2370. The molecule has 3 aromatic carbocycles. The van der Waals surface area contributed by atoms with Crippen molar-refractivity contribution in [3.05, 3.63) is 120 Å². The number of fused-ring (bicyclic) bond motifs is 2. The molecule has 0 saturated carbocycles. The standard InChI is InChI=1S/C35H27FN6O3S/c1-46(44,45)11-10-21-12-23(14-26(36)13-21)28-8-5-9-31-29(28)17-32(40-31)33-30-16-25(19-38-34(30)42-41-33)24-15-27(20-37-18-24)39-35(43)22-6-3-2-4-7-22/h2-9,12-20,40H,10-11H2,1H3,(H,39,43)(H,38,41,42). The second-order valence-corrected chi connectivity index (χ2v) is 13.4. The summed E-state index contributed by atoms with van der Waals surface area (Å²) < 4.78 is 38.1. The molecule has 0 aliphatic heterocycles. The summed E-state index contributed by atoms with van der Waals surface area (Å²) in [4.78, 5) is 25.0. The molecule has 7 rings (SSSR count). The van der Waals surface area contributed by atoms with Crippen LogP contribution in [0.2, 0.25) is 0 Å². The summed E-state index contributed by atoms with van der Waals surface area (Å²) in [5.41, 5.74) is 7.56. The maximum atomic E-state index is 14.7. The van der Waals surface area contributed by atoms with Gasteiger partial charge in [-0.25, -0.2) is 17.8 Å². The van der Waals surface area contributed by atoms with Crippen molar-refractivity contribution in [3.63, 3.8) is 0 Å². The lowest BCUT2D eigenvalue weighted by Gasteiger charge is -2.08. The van der Waals surface area contributed by atoms with Crippen LogP contribution in [0.15, 0.2) is 104 Å². The summed E-state index contributed by atoms with van der Waals surface area (Å²) in [5.74, 6) is -0.713. The number of rotatable bonds is 8. The number of hydrogen-bond acceptors (Lipinski definition) is 6. The minimum atomic E-state index is -3.19. The Hall–Kier alpha value is -5.68. The SMILES string of the molecule is CS(=O)(=O)CCc1cc(F)cc(-c2cccc3[nH]c(-c4n[nH]c5ncc(-c6cncc(NC(=O)c7ccccc7)c6)cc45)cc23)c1. The number of benzene rings is 3. The van der Waals surface area contributed by atoms with E-state index in [1.165, 1.54) is 18.4 Å². The summed E-state index contributed by atoms with van der Waals surface area (Å²) in [6.07, 6.45) is 6.42. The fourth-order valence-corrected chi connectivity index (χ4v) is 6.12. The van der Waals surface area contributed by atoms with E-state index in [1.807, 2.05) is 60.7 Å². The van der Waals surface area contributed by atoms with Crippen LogP contribution in [0.25, 0.3) is 55.6 Å². The Morgan fingerprint density at radius 2 is 1.70 bits per heavy atom. The molecule has 46 heavy (non-hydrogen) atoms. The van der Waals surface area contributed by atoms with E-state index in [-0.39, 0.29) is 18.1 Å². The van der Waals surface area contributed by atoms with Crippen molar-refractivity contribution in [1.82, 2.24) is 25.1 Å². The smallest absolute Gasteiger partial charge is 0.255 e. The van der Waals surface area contributed by atoms with E-state index < -0.39 is 15.7 Å². The molecule has 4 heterocycles. The number of H-pyrrole nitrogens is 2. The zero-order chi connectivity index (χ0) is 31.8. The maximum absolute atomic E-state index is 14.7. The zero-order valence-electron chi connectivity index (χ0n) is 24.6. The van der Waals surface area contributed by atoms with E-state index in [4.69, 9.17) is 0 Å². The predicted molar refractivity (Wildman–Crippen MR) is 178 cm³/mol. The number of halogens is 1. The number of carbonyl (C=O) groups excluding carboxylic acids is 1. The summed E-state index contributed by atoms with van der Waals surface area (Å²) in [5, 5.41) is 12.1. The number of aromatic nitrogens is 5. The minimum absolute atomic E-state index is 0.0562. The van der Waals surface area contributed by atoms with E-state index in [2.05, 4.69) is 30.5 Å². The third-order valence-corrected chi connectivity index (χ3v) is 8.68. The largest absolute Gasteiger partial charge is 0.353 e. The minimum Gasteiger partial charge on any atom is -0.353 e.